The maximum Gasteiger partial charge on any atom is 0.183 e. The molecule has 0 saturated carbocycles. The molecule has 2 rings (SSSR count). The van der Waals surface area contributed by atoms with E-state index in [-0.39, 0.29) is 5.41 Å². The molecule has 0 aliphatic rings. The Morgan fingerprint density at radius 1 is 1.42 bits per heavy atom. The summed E-state index contributed by atoms with van der Waals surface area (Å²) in [5.41, 5.74) is 7.74. The highest BCUT2D eigenvalue weighted by molar-refractivity contribution is 7.22. The number of benzene rings is 1. The summed E-state index contributed by atoms with van der Waals surface area (Å²) in [6.45, 7) is 6.12. The molecule has 0 unspecified atom stereocenters. The first kappa shape index (κ1) is 14.1. The molecule has 104 valence electrons. The van der Waals surface area contributed by atoms with Crippen LogP contribution in [0.5, 0.6) is 0 Å². The highest BCUT2D eigenvalue weighted by Gasteiger charge is 2.18. The topological polar surface area (TPSA) is 60.2 Å². The molecule has 0 radical (unpaired) electrons. The molecule has 0 atom stereocenters. The number of nitrogen functional groups attached to an aromatic ring is 1. The summed E-state index contributed by atoms with van der Waals surface area (Å²) in [6.07, 6.45) is 1.02. The number of nitrogens with one attached hydrogen (secondary N) is 1. The lowest BCUT2D eigenvalue weighted by Gasteiger charge is -2.24. The molecular weight excluding hydrogens is 258 g/mol. The number of nitrogens with zero attached hydrogens (tertiary/aromatic N) is 1. The van der Waals surface area contributed by atoms with Crippen molar-refractivity contribution in [3.63, 3.8) is 0 Å². The number of hydrogen-bond donors (Lipinski definition) is 2. The Morgan fingerprint density at radius 2 is 2.21 bits per heavy atom. The smallest absolute Gasteiger partial charge is 0.183 e. The molecule has 0 aliphatic heterocycles. The van der Waals surface area contributed by atoms with Crippen LogP contribution in [0.2, 0.25) is 0 Å². The fourth-order valence-electron chi connectivity index (χ4n) is 1.80. The maximum atomic E-state index is 5.78. The van der Waals surface area contributed by atoms with E-state index < -0.39 is 0 Å². The van der Waals surface area contributed by atoms with Crippen LogP contribution < -0.4 is 11.1 Å². The molecule has 4 nitrogen and oxygen atoms in total. The minimum absolute atomic E-state index is 0.187. The van der Waals surface area contributed by atoms with Crippen LogP contribution in [0, 0.1) is 5.41 Å². The van der Waals surface area contributed by atoms with Gasteiger partial charge in [0.2, 0.25) is 0 Å². The molecule has 5 heteroatoms. The average molecular weight is 279 g/mol. The predicted molar refractivity (Wildman–Crippen MR) is 82.8 cm³/mol. The van der Waals surface area contributed by atoms with E-state index >= 15 is 0 Å². The SMILES string of the molecule is COCCC(C)(C)CNc1nc2ccc(N)cc2s1. The molecular formula is C14H21N3OS. The lowest BCUT2D eigenvalue weighted by Crippen LogP contribution is -2.24. The third kappa shape index (κ3) is 3.81. The van der Waals surface area contributed by atoms with Gasteiger partial charge in [0.25, 0.3) is 0 Å². The normalized spacial score (nSPS) is 11.9. The van der Waals surface area contributed by atoms with Crippen molar-refractivity contribution in [2.45, 2.75) is 20.3 Å². The minimum Gasteiger partial charge on any atom is -0.399 e. The zero-order valence-electron chi connectivity index (χ0n) is 11.7. The van der Waals surface area contributed by atoms with E-state index in [1.165, 1.54) is 0 Å². The number of fused-ring (bicyclic) bond motifs is 1. The van der Waals surface area contributed by atoms with E-state index in [4.69, 9.17) is 10.5 Å². The maximum absolute atomic E-state index is 5.78. The molecule has 1 heterocycles. The first-order valence-electron chi connectivity index (χ1n) is 6.39. The van der Waals surface area contributed by atoms with Crippen LogP contribution in [0.3, 0.4) is 0 Å². The van der Waals surface area contributed by atoms with Crippen molar-refractivity contribution < 1.29 is 4.74 Å². The van der Waals surface area contributed by atoms with Gasteiger partial charge in [-0.2, -0.15) is 0 Å². The van der Waals surface area contributed by atoms with Crippen molar-refractivity contribution in [3.05, 3.63) is 18.2 Å². The van der Waals surface area contributed by atoms with E-state index in [2.05, 4.69) is 24.1 Å². The third-order valence-corrected chi connectivity index (χ3v) is 4.09. The highest BCUT2D eigenvalue weighted by Crippen LogP contribution is 2.29. The summed E-state index contributed by atoms with van der Waals surface area (Å²) in [5, 5.41) is 4.36. The number of hydrogen-bond acceptors (Lipinski definition) is 5. The van der Waals surface area contributed by atoms with E-state index in [1.807, 2.05) is 18.2 Å². The summed E-state index contributed by atoms with van der Waals surface area (Å²) in [7, 11) is 1.74. The molecule has 0 amide bonds. The number of nitrogens with two attached hydrogens (primary N) is 1. The summed E-state index contributed by atoms with van der Waals surface area (Å²) >= 11 is 1.64. The highest BCUT2D eigenvalue weighted by atomic mass is 32.1. The second-order valence-corrected chi connectivity index (χ2v) is 6.54. The number of aromatic nitrogens is 1. The van der Waals surface area contributed by atoms with Gasteiger partial charge in [-0.25, -0.2) is 4.98 Å². The first-order chi connectivity index (χ1) is 9.00. The van der Waals surface area contributed by atoms with Crippen molar-refractivity contribution in [2.24, 2.45) is 5.41 Å². The first-order valence-corrected chi connectivity index (χ1v) is 7.21. The average Bonchev–Trinajstić information content (AvgIpc) is 2.76. The van der Waals surface area contributed by atoms with Gasteiger partial charge < -0.3 is 15.8 Å². The largest absolute Gasteiger partial charge is 0.399 e. The molecule has 0 spiro atoms. The number of methoxy groups -OCH3 is 1. The van der Waals surface area contributed by atoms with Crippen LogP contribution in [0.15, 0.2) is 18.2 Å². The molecule has 19 heavy (non-hydrogen) atoms. The predicted octanol–water partition coefficient (Wildman–Crippen LogP) is 3.35. The lowest BCUT2D eigenvalue weighted by atomic mass is 9.90. The number of ether oxygens (including phenoxy) is 1. The fourth-order valence-corrected chi connectivity index (χ4v) is 2.71. The summed E-state index contributed by atoms with van der Waals surface area (Å²) in [6, 6.07) is 5.81. The van der Waals surface area contributed by atoms with Gasteiger partial charge in [0, 0.05) is 25.9 Å². The van der Waals surface area contributed by atoms with E-state index in [9.17, 15) is 0 Å². The van der Waals surface area contributed by atoms with E-state index in [0.29, 0.717) is 0 Å². The lowest BCUT2D eigenvalue weighted by molar-refractivity contribution is 0.157. The van der Waals surface area contributed by atoms with Gasteiger partial charge >= 0.3 is 0 Å². The zero-order chi connectivity index (χ0) is 13.9. The van der Waals surface area contributed by atoms with Crippen LogP contribution in [0.4, 0.5) is 10.8 Å². The van der Waals surface area contributed by atoms with Crippen molar-refractivity contribution in [1.82, 2.24) is 4.98 Å². The number of thiazole rings is 1. The van der Waals surface area contributed by atoms with Gasteiger partial charge in [-0.15, -0.1) is 0 Å². The molecule has 1 aromatic carbocycles. The van der Waals surface area contributed by atoms with Gasteiger partial charge in [0.15, 0.2) is 5.13 Å². The van der Waals surface area contributed by atoms with E-state index in [0.717, 1.165) is 40.6 Å². The van der Waals surface area contributed by atoms with Crippen LogP contribution in [0.1, 0.15) is 20.3 Å². The van der Waals surface area contributed by atoms with E-state index in [1.54, 1.807) is 18.4 Å². The third-order valence-electron chi connectivity index (χ3n) is 3.11. The standard InChI is InChI=1S/C14H21N3OS/c1-14(2,6-7-18-3)9-16-13-17-11-5-4-10(15)8-12(11)19-13/h4-5,8H,6-7,9,15H2,1-3H3,(H,16,17). The molecule has 0 fully saturated rings. The Balaban J connectivity index is 2.01. The molecule has 2 aromatic rings. The van der Waals surface area contributed by atoms with Gasteiger partial charge in [-0.05, 0) is 30.0 Å². The Hall–Kier alpha value is -1.33. The second-order valence-electron chi connectivity index (χ2n) is 5.51. The van der Waals surface area contributed by atoms with Crippen LogP contribution in [-0.2, 0) is 4.74 Å². The zero-order valence-corrected chi connectivity index (χ0v) is 12.5. The van der Waals surface area contributed by atoms with Crippen LogP contribution in [-0.4, -0.2) is 25.2 Å². The number of anilines is 2. The van der Waals surface area contributed by atoms with Crippen LogP contribution >= 0.6 is 11.3 Å². The molecule has 1 aromatic heterocycles. The molecule has 0 saturated heterocycles. The summed E-state index contributed by atoms with van der Waals surface area (Å²) in [5.74, 6) is 0. The monoisotopic (exact) mass is 279 g/mol. The quantitative estimate of drug-likeness (QED) is 0.796. The minimum atomic E-state index is 0.187. The second kappa shape index (κ2) is 5.75. The van der Waals surface area contributed by atoms with Gasteiger partial charge in [0.1, 0.15) is 0 Å². The Kier molecular flexibility index (Phi) is 4.27. The van der Waals surface area contributed by atoms with Gasteiger partial charge in [0.05, 0.1) is 10.2 Å². The summed E-state index contributed by atoms with van der Waals surface area (Å²) < 4.78 is 6.26. The fraction of sp³-hybridized carbons (Fsp3) is 0.500. The molecule has 0 bridgehead atoms. The van der Waals surface area contributed by atoms with Gasteiger partial charge in [-0.1, -0.05) is 25.2 Å². The van der Waals surface area contributed by atoms with Crippen LogP contribution in [0.25, 0.3) is 10.2 Å². The Labute approximate surface area is 118 Å². The van der Waals surface area contributed by atoms with Gasteiger partial charge in [-0.3, -0.25) is 0 Å². The van der Waals surface area contributed by atoms with Crippen molar-refractivity contribution >= 4 is 32.4 Å². The molecule has 3 N–H and O–H groups in total. The summed E-state index contributed by atoms with van der Waals surface area (Å²) in [4.78, 5) is 4.56. The Morgan fingerprint density at radius 3 is 2.95 bits per heavy atom. The number of rotatable bonds is 6. The van der Waals surface area contributed by atoms with Crippen molar-refractivity contribution in [1.29, 1.82) is 0 Å². The molecule has 0 aliphatic carbocycles. The van der Waals surface area contributed by atoms with Crippen molar-refractivity contribution in [2.75, 3.05) is 31.3 Å². The Bertz CT molecular complexity index is 551. The van der Waals surface area contributed by atoms with Crippen molar-refractivity contribution in [3.8, 4) is 0 Å².